The van der Waals surface area contributed by atoms with Crippen LogP contribution in [0.25, 0.3) is 10.8 Å². The average molecular weight is 293 g/mol. The Balaban J connectivity index is 1.69. The number of carbonyl (C=O) groups excluding carboxylic acids is 1. The number of ether oxygens (including phenoxy) is 2. The molecule has 1 heterocycles. The van der Waals surface area contributed by atoms with Gasteiger partial charge in [-0.15, -0.1) is 0 Å². The topological polar surface area (TPSA) is 48.4 Å². The molecule has 0 saturated carbocycles. The molecule has 0 N–H and O–H groups in total. The molecular weight excluding hydrogens is 278 g/mol. The van der Waals surface area contributed by atoms with Crippen LogP contribution in [0.3, 0.4) is 0 Å². The highest BCUT2D eigenvalue weighted by atomic mass is 16.5. The summed E-state index contributed by atoms with van der Waals surface area (Å²) >= 11 is 0. The van der Waals surface area contributed by atoms with Gasteiger partial charge in [0.2, 0.25) is 0 Å². The minimum Gasteiger partial charge on any atom is -0.489 e. The largest absolute Gasteiger partial charge is 0.489 e. The second-order valence-corrected chi connectivity index (χ2v) is 4.84. The van der Waals surface area contributed by atoms with Gasteiger partial charge in [0.05, 0.1) is 7.11 Å². The highest BCUT2D eigenvalue weighted by Gasteiger charge is 2.06. The number of hydrogen-bond donors (Lipinski definition) is 0. The Morgan fingerprint density at radius 3 is 2.59 bits per heavy atom. The molecule has 0 amide bonds. The molecule has 0 saturated heterocycles. The van der Waals surface area contributed by atoms with E-state index in [1.54, 1.807) is 18.3 Å². The van der Waals surface area contributed by atoms with Crippen molar-refractivity contribution in [3.8, 4) is 5.75 Å². The molecule has 0 bridgehead atoms. The molecule has 3 aromatic rings. The lowest BCUT2D eigenvalue weighted by atomic mass is 10.1. The number of methoxy groups -OCH3 is 1. The first-order valence-electron chi connectivity index (χ1n) is 6.91. The number of fused-ring (bicyclic) bond motifs is 1. The van der Waals surface area contributed by atoms with Crippen LogP contribution in [0.15, 0.2) is 60.8 Å². The first kappa shape index (κ1) is 14.1. The zero-order chi connectivity index (χ0) is 15.4. The first-order valence-corrected chi connectivity index (χ1v) is 6.91. The fourth-order valence-electron chi connectivity index (χ4n) is 2.16. The van der Waals surface area contributed by atoms with Crippen LogP contribution in [0.1, 0.15) is 16.1 Å². The van der Waals surface area contributed by atoms with Crippen LogP contribution in [0.2, 0.25) is 0 Å². The van der Waals surface area contributed by atoms with E-state index in [4.69, 9.17) is 4.74 Å². The van der Waals surface area contributed by atoms with Gasteiger partial charge < -0.3 is 9.47 Å². The number of hydrogen-bond acceptors (Lipinski definition) is 4. The van der Waals surface area contributed by atoms with Gasteiger partial charge in [-0.25, -0.2) is 9.78 Å². The minimum atomic E-state index is -0.443. The molecule has 4 heteroatoms. The Labute approximate surface area is 128 Å². The van der Waals surface area contributed by atoms with Crippen LogP contribution in [-0.4, -0.2) is 18.1 Å². The van der Waals surface area contributed by atoms with E-state index in [1.165, 1.54) is 12.5 Å². The lowest BCUT2D eigenvalue weighted by molar-refractivity contribution is 0.0594. The van der Waals surface area contributed by atoms with Crippen LogP contribution in [0, 0.1) is 0 Å². The zero-order valence-electron chi connectivity index (χ0n) is 12.2. The summed E-state index contributed by atoms with van der Waals surface area (Å²) in [6, 6.07) is 17.5. The molecule has 0 aliphatic heterocycles. The number of nitrogens with zero attached hydrogens (tertiary/aromatic N) is 1. The standard InChI is InChI=1S/C18H15NO3/c1-21-18(20)17-9-6-13(11-19-17)12-22-16-8-7-14-4-2-3-5-15(14)10-16/h2-11H,12H2,1H3. The number of rotatable bonds is 4. The van der Waals surface area contributed by atoms with E-state index in [2.05, 4.69) is 21.9 Å². The Hall–Kier alpha value is -2.88. The van der Waals surface area contributed by atoms with Crippen molar-refractivity contribution in [1.82, 2.24) is 4.98 Å². The Bertz CT molecular complexity index is 797. The number of pyridine rings is 1. The Morgan fingerprint density at radius 2 is 1.86 bits per heavy atom. The first-order chi connectivity index (χ1) is 10.8. The van der Waals surface area contributed by atoms with Crippen molar-refractivity contribution in [3.05, 3.63) is 72.1 Å². The third-order valence-corrected chi connectivity index (χ3v) is 3.35. The third kappa shape index (κ3) is 3.06. The fourth-order valence-corrected chi connectivity index (χ4v) is 2.16. The van der Waals surface area contributed by atoms with Crippen LogP contribution in [0.5, 0.6) is 5.75 Å². The van der Waals surface area contributed by atoms with Gasteiger partial charge in [-0.05, 0) is 29.0 Å². The van der Waals surface area contributed by atoms with Gasteiger partial charge in [0, 0.05) is 11.8 Å². The molecule has 4 nitrogen and oxygen atoms in total. The SMILES string of the molecule is COC(=O)c1ccc(COc2ccc3ccccc3c2)cn1. The van der Waals surface area contributed by atoms with Crippen molar-refractivity contribution in [2.45, 2.75) is 6.61 Å². The highest BCUT2D eigenvalue weighted by molar-refractivity contribution is 5.87. The number of carbonyl (C=O) groups is 1. The van der Waals surface area contributed by atoms with E-state index < -0.39 is 5.97 Å². The Morgan fingerprint density at radius 1 is 1.05 bits per heavy atom. The normalized spacial score (nSPS) is 10.4. The monoisotopic (exact) mass is 293 g/mol. The Kier molecular flexibility index (Phi) is 4.01. The number of benzene rings is 2. The molecule has 2 aromatic carbocycles. The third-order valence-electron chi connectivity index (χ3n) is 3.35. The van der Waals surface area contributed by atoms with Crippen molar-refractivity contribution in [2.24, 2.45) is 0 Å². The number of aromatic nitrogens is 1. The molecule has 0 spiro atoms. The second kappa shape index (κ2) is 6.26. The summed E-state index contributed by atoms with van der Waals surface area (Å²) in [4.78, 5) is 15.4. The average Bonchev–Trinajstić information content (AvgIpc) is 2.59. The van der Waals surface area contributed by atoms with Crippen molar-refractivity contribution >= 4 is 16.7 Å². The molecule has 110 valence electrons. The minimum absolute atomic E-state index is 0.289. The van der Waals surface area contributed by atoms with E-state index in [1.807, 2.05) is 30.3 Å². The molecule has 0 radical (unpaired) electrons. The summed E-state index contributed by atoms with van der Waals surface area (Å²) < 4.78 is 10.4. The van der Waals surface area contributed by atoms with E-state index in [9.17, 15) is 4.79 Å². The predicted molar refractivity (Wildman–Crippen MR) is 83.9 cm³/mol. The van der Waals surface area contributed by atoms with Crippen molar-refractivity contribution < 1.29 is 14.3 Å². The molecule has 3 rings (SSSR count). The van der Waals surface area contributed by atoms with Gasteiger partial charge in [-0.1, -0.05) is 36.4 Å². The quantitative estimate of drug-likeness (QED) is 0.690. The summed E-state index contributed by atoms with van der Waals surface area (Å²) in [5.41, 5.74) is 1.18. The summed E-state index contributed by atoms with van der Waals surface area (Å²) in [5.74, 6) is 0.359. The maximum atomic E-state index is 11.3. The molecule has 0 aliphatic rings. The molecule has 0 aliphatic carbocycles. The second-order valence-electron chi connectivity index (χ2n) is 4.84. The van der Waals surface area contributed by atoms with E-state index in [0.717, 1.165) is 16.7 Å². The number of esters is 1. The van der Waals surface area contributed by atoms with Gasteiger partial charge in [-0.3, -0.25) is 0 Å². The summed E-state index contributed by atoms with van der Waals surface area (Å²) in [6.07, 6.45) is 1.62. The lowest BCUT2D eigenvalue weighted by Gasteiger charge is -2.07. The molecule has 1 aromatic heterocycles. The van der Waals surface area contributed by atoms with Crippen LogP contribution in [-0.2, 0) is 11.3 Å². The summed E-state index contributed by atoms with van der Waals surface area (Å²) in [6.45, 7) is 0.396. The van der Waals surface area contributed by atoms with Crippen LogP contribution >= 0.6 is 0 Å². The van der Waals surface area contributed by atoms with Gasteiger partial charge in [-0.2, -0.15) is 0 Å². The lowest BCUT2D eigenvalue weighted by Crippen LogP contribution is -2.05. The van der Waals surface area contributed by atoms with Gasteiger partial charge in [0.15, 0.2) is 0 Å². The van der Waals surface area contributed by atoms with E-state index >= 15 is 0 Å². The van der Waals surface area contributed by atoms with E-state index in [-0.39, 0.29) is 5.69 Å². The van der Waals surface area contributed by atoms with Crippen LogP contribution < -0.4 is 4.74 Å². The molecule has 0 unspecified atom stereocenters. The van der Waals surface area contributed by atoms with Gasteiger partial charge in [0.1, 0.15) is 18.1 Å². The van der Waals surface area contributed by atoms with Crippen LogP contribution in [0.4, 0.5) is 0 Å². The smallest absolute Gasteiger partial charge is 0.356 e. The maximum absolute atomic E-state index is 11.3. The van der Waals surface area contributed by atoms with Gasteiger partial charge in [0.25, 0.3) is 0 Å². The molecular formula is C18H15NO3. The zero-order valence-corrected chi connectivity index (χ0v) is 12.2. The fraction of sp³-hybridized carbons (Fsp3) is 0.111. The molecule has 22 heavy (non-hydrogen) atoms. The molecule has 0 atom stereocenters. The van der Waals surface area contributed by atoms with Crippen molar-refractivity contribution in [1.29, 1.82) is 0 Å². The summed E-state index contributed by atoms with van der Waals surface area (Å²) in [7, 11) is 1.33. The maximum Gasteiger partial charge on any atom is 0.356 e. The van der Waals surface area contributed by atoms with Gasteiger partial charge >= 0.3 is 5.97 Å². The summed E-state index contributed by atoms with van der Waals surface area (Å²) in [5, 5.41) is 2.32. The molecule has 0 fully saturated rings. The van der Waals surface area contributed by atoms with E-state index in [0.29, 0.717) is 6.61 Å². The van der Waals surface area contributed by atoms with Crippen molar-refractivity contribution in [2.75, 3.05) is 7.11 Å². The van der Waals surface area contributed by atoms with Crippen molar-refractivity contribution in [3.63, 3.8) is 0 Å². The highest BCUT2D eigenvalue weighted by Crippen LogP contribution is 2.21. The predicted octanol–water partition coefficient (Wildman–Crippen LogP) is 3.60.